The number of hydrogen-bond acceptors (Lipinski definition) is 8. The van der Waals surface area contributed by atoms with E-state index < -0.39 is 44.7 Å². The van der Waals surface area contributed by atoms with Crippen LogP contribution in [0.2, 0.25) is 0 Å². The molecule has 0 bridgehead atoms. The summed E-state index contributed by atoms with van der Waals surface area (Å²) in [5.74, 6) is -6.89. The van der Waals surface area contributed by atoms with E-state index in [2.05, 4.69) is 0 Å². The summed E-state index contributed by atoms with van der Waals surface area (Å²) in [6.07, 6.45) is 2.28. The number of aliphatic hydroxyl groups excluding tert-OH is 2. The van der Waals surface area contributed by atoms with Crippen molar-refractivity contribution in [2.24, 2.45) is 0 Å². The van der Waals surface area contributed by atoms with Gasteiger partial charge in [0.2, 0.25) is 0 Å². The molecule has 0 aliphatic heterocycles. The number of carboxylic acids is 1. The van der Waals surface area contributed by atoms with Gasteiger partial charge in [-0.25, -0.2) is 17.6 Å². The van der Waals surface area contributed by atoms with Crippen LogP contribution < -0.4 is 5.56 Å². The van der Waals surface area contributed by atoms with Crippen molar-refractivity contribution in [2.75, 3.05) is 33.1 Å². The predicted octanol–water partition coefficient (Wildman–Crippen LogP) is 2.71. The SMILES string of the molecule is CC(F)(F)C(=O)O.CN(CCO)Cc1ccc(-c2ccc3c(=O)n(CC[C@](C)(C(=O)CO)S(C)(=O)=O)ccc3c2)c(F)c1. The van der Waals surface area contributed by atoms with Crippen LogP contribution >= 0.6 is 0 Å². The highest BCUT2D eigenvalue weighted by atomic mass is 32.2. The van der Waals surface area contributed by atoms with Gasteiger partial charge < -0.3 is 19.9 Å². The van der Waals surface area contributed by atoms with Crippen LogP contribution in [0.4, 0.5) is 13.2 Å². The molecule has 0 amide bonds. The van der Waals surface area contributed by atoms with Gasteiger partial charge in [0.15, 0.2) is 15.6 Å². The third kappa shape index (κ3) is 8.95. The first-order valence-electron chi connectivity index (χ1n) is 13.0. The number of carbonyl (C=O) groups excluding carboxylic acids is 1. The second-order valence-electron chi connectivity index (χ2n) is 10.4. The Balaban J connectivity index is 0.000000821. The molecule has 10 nitrogen and oxygen atoms in total. The summed E-state index contributed by atoms with van der Waals surface area (Å²) in [7, 11) is -1.99. The first-order valence-corrected chi connectivity index (χ1v) is 14.9. The molecule has 43 heavy (non-hydrogen) atoms. The second kappa shape index (κ2) is 14.3. The summed E-state index contributed by atoms with van der Waals surface area (Å²) >= 11 is 0. The van der Waals surface area contributed by atoms with Gasteiger partial charge in [-0.1, -0.05) is 18.2 Å². The van der Waals surface area contributed by atoms with E-state index in [1.807, 2.05) is 18.0 Å². The first kappa shape index (κ1) is 35.6. The van der Waals surface area contributed by atoms with Crippen LogP contribution in [-0.2, 0) is 32.5 Å². The van der Waals surface area contributed by atoms with Crippen LogP contribution in [0.15, 0.2) is 53.5 Å². The Hall–Kier alpha value is -3.59. The molecule has 0 aliphatic carbocycles. The number of carbonyl (C=O) groups is 2. The minimum Gasteiger partial charge on any atom is -0.477 e. The molecular weight excluding hydrogens is 593 g/mol. The van der Waals surface area contributed by atoms with E-state index in [0.717, 1.165) is 11.8 Å². The molecule has 3 rings (SSSR count). The molecule has 0 fully saturated rings. The molecule has 0 aliphatic rings. The number of sulfone groups is 1. The number of pyridine rings is 1. The summed E-state index contributed by atoms with van der Waals surface area (Å²) in [6, 6.07) is 11.6. The Morgan fingerprint density at radius 1 is 1.05 bits per heavy atom. The number of aromatic nitrogens is 1. The number of Topliss-reactive ketones (excluding diaryl/α,β-unsaturated/α-hetero) is 1. The maximum absolute atomic E-state index is 14.9. The van der Waals surface area contributed by atoms with Crippen LogP contribution in [0.1, 0.15) is 25.8 Å². The van der Waals surface area contributed by atoms with E-state index in [9.17, 15) is 41.1 Å². The van der Waals surface area contributed by atoms with E-state index in [1.165, 1.54) is 23.8 Å². The Labute approximate surface area is 246 Å². The van der Waals surface area contributed by atoms with Crippen LogP contribution in [0.5, 0.6) is 0 Å². The number of alkyl halides is 2. The fourth-order valence-electron chi connectivity index (χ4n) is 4.12. The lowest BCUT2D eigenvalue weighted by Gasteiger charge is -2.25. The standard InChI is InChI=1S/C26H31FN2O6S.C3H4F2O2/c1-26(24(32)17-31,36(3,34)35)9-11-29-10-8-20-15-19(5-7-22(20)25(29)33)21-6-4-18(14-23(21)27)16-28(2)12-13-30;1-3(4,5)2(6)7/h4-8,10,14-15,30-31H,9,11-13,16-17H2,1-3H3;1H3,(H,6,7)/t26-;/m1./s1. The summed E-state index contributed by atoms with van der Waals surface area (Å²) in [6.45, 7) is 1.64. The number of benzene rings is 2. The summed E-state index contributed by atoms with van der Waals surface area (Å²) in [5.41, 5.74) is 1.40. The van der Waals surface area contributed by atoms with Crippen LogP contribution in [0, 0.1) is 5.82 Å². The van der Waals surface area contributed by atoms with Gasteiger partial charge in [0.25, 0.3) is 5.56 Å². The highest BCUT2D eigenvalue weighted by molar-refractivity contribution is 7.92. The number of aryl methyl sites for hydroxylation is 1. The van der Waals surface area contributed by atoms with Gasteiger partial charge in [0, 0.05) is 50.0 Å². The maximum Gasteiger partial charge on any atom is 0.374 e. The molecule has 1 aromatic heterocycles. The number of carboxylic acid groups (broad SMARTS) is 1. The van der Waals surface area contributed by atoms with Gasteiger partial charge in [-0.05, 0) is 61.2 Å². The molecule has 3 N–H and O–H groups in total. The van der Waals surface area contributed by atoms with Gasteiger partial charge in [-0.2, -0.15) is 8.78 Å². The maximum atomic E-state index is 14.9. The van der Waals surface area contributed by atoms with Crippen molar-refractivity contribution >= 4 is 32.4 Å². The number of hydrogen-bond donors (Lipinski definition) is 3. The predicted molar refractivity (Wildman–Crippen MR) is 155 cm³/mol. The van der Waals surface area contributed by atoms with Crippen molar-refractivity contribution in [1.29, 1.82) is 0 Å². The van der Waals surface area contributed by atoms with E-state index >= 15 is 0 Å². The summed E-state index contributed by atoms with van der Waals surface area (Å²) < 4.78 is 61.3. The fraction of sp³-hybridized carbons (Fsp3) is 0.414. The minimum absolute atomic E-state index is 0.0215. The highest BCUT2D eigenvalue weighted by Crippen LogP contribution is 2.27. The number of aliphatic hydroxyl groups is 2. The Bertz CT molecular complexity index is 1640. The lowest BCUT2D eigenvalue weighted by atomic mass is 9.99. The molecule has 0 spiro atoms. The van der Waals surface area contributed by atoms with Crippen molar-refractivity contribution in [3.05, 3.63) is 70.4 Å². The molecule has 2 aromatic carbocycles. The first-order chi connectivity index (χ1) is 19.8. The summed E-state index contributed by atoms with van der Waals surface area (Å²) in [5, 5.41) is 26.7. The van der Waals surface area contributed by atoms with Crippen molar-refractivity contribution < 1.29 is 46.5 Å². The molecule has 0 saturated carbocycles. The number of aliphatic carboxylic acids is 1. The van der Waals surface area contributed by atoms with Crippen molar-refractivity contribution in [3.63, 3.8) is 0 Å². The Morgan fingerprint density at radius 2 is 1.67 bits per heavy atom. The number of nitrogens with zero attached hydrogens (tertiary/aromatic N) is 2. The molecule has 1 atom stereocenters. The average molecular weight is 629 g/mol. The topological polar surface area (TPSA) is 154 Å². The number of halogens is 3. The number of rotatable bonds is 12. The van der Waals surface area contributed by atoms with Gasteiger partial charge in [0.1, 0.15) is 17.2 Å². The quantitative estimate of drug-likeness (QED) is 0.275. The molecule has 3 aromatic rings. The zero-order chi connectivity index (χ0) is 32.8. The molecule has 14 heteroatoms. The van der Waals surface area contributed by atoms with E-state index in [-0.39, 0.29) is 25.1 Å². The minimum atomic E-state index is -3.83. The van der Waals surface area contributed by atoms with E-state index in [4.69, 9.17) is 10.2 Å². The third-order valence-corrected chi connectivity index (χ3v) is 9.08. The van der Waals surface area contributed by atoms with Crippen molar-refractivity contribution in [1.82, 2.24) is 9.47 Å². The van der Waals surface area contributed by atoms with E-state index in [1.54, 1.807) is 30.3 Å². The van der Waals surface area contributed by atoms with Gasteiger partial charge in [-0.15, -0.1) is 0 Å². The Morgan fingerprint density at radius 3 is 2.19 bits per heavy atom. The number of ketones is 1. The molecular formula is C29H35F3N2O8S. The van der Waals surface area contributed by atoms with Gasteiger partial charge >= 0.3 is 11.9 Å². The van der Waals surface area contributed by atoms with Crippen LogP contribution in [0.3, 0.4) is 0 Å². The van der Waals surface area contributed by atoms with Crippen molar-refractivity contribution in [3.8, 4) is 11.1 Å². The van der Waals surface area contributed by atoms with Gasteiger partial charge in [-0.3, -0.25) is 14.5 Å². The molecule has 0 radical (unpaired) electrons. The number of fused-ring (bicyclic) bond motifs is 1. The zero-order valence-corrected chi connectivity index (χ0v) is 25.0. The lowest BCUT2D eigenvalue weighted by molar-refractivity contribution is -0.161. The van der Waals surface area contributed by atoms with Crippen LogP contribution in [-0.4, -0.2) is 88.7 Å². The van der Waals surface area contributed by atoms with E-state index in [0.29, 0.717) is 41.9 Å². The average Bonchev–Trinajstić information content (AvgIpc) is 2.91. The monoisotopic (exact) mass is 628 g/mol. The lowest BCUT2D eigenvalue weighted by Crippen LogP contribution is -2.46. The smallest absolute Gasteiger partial charge is 0.374 e. The molecule has 1 heterocycles. The molecule has 236 valence electrons. The number of likely N-dealkylation sites (N-methyl/N-ethyl adjacent to an activating group) is 1. The fourth-order valence-corrected chi connectivity index (χ4v) is 5.06. The van der Waals surface area contributed by atoms with Gasteiger partial charge in [0.05, 0.1) is 6.61 Å². The molecule has 0 saturated heterocycles. The highest BCUT2D eigenvalue weighted by Gasteiger charge is 2.42. The largest absolute Gasteiger partial charge is 0.477 e. The van der Waals surface area contributed by atoms with Crippen molar-refractivity contribution in [2.45, 2.75) is 44.0 Å². The second-order valence-corrected chi connectivity index (χ2v) is 12.9. The normalized spacial score (nSPS) is 13.3. The zero-order valence-electron chi connectivity index (χ0n) is 24.2. The molecule has 0 unspecified atom stereocenters. The summed E-state index contributed by atoms with van der Waals surface area (Å²) in [4.78, 5) is 36.3. The van der Waals surface area contributed by atoms with Crippen LogP contribution in [0.25, 0.3) is 21.9 Å². The Kier molecular flexibility index (Phi) is 11.8. The third-order valence-electron chi connectivity index (χ3n) is 7.01.